The van der Waals surface area contributed by atoms with Crippen LogP contribution in [0.5, 0.6) is 0 Å². The summed E-state index contributed by atoms with van der Waals surface area (Å²) in [5, 5.41) is 7.81. The van der Waals surface area contributed by atoms with Crippen LogP contribution in [0.2, 0.25) is 5.02 Å². The third kappa shape index (κ3) is 5.49. The van der Waals surface area contributed by atoms with Crippen LogP contribution in [0.15, 0.2) is 77.7 Å². The maximum Gasteiger partial charge on any atom is 0.340 e. The molecule has 7 nitrogen and oxygen atoms in total. The van der Waals surface area contributed by atoms with Crippen molar-refractivity contribution in [3.8, 4) is 11.1 Å². The number of primary sulfonamides is 1. The second-order valence-corrected chi connectivity index (χ2v) is 8.60. The van der Waals surface area contributed by atoms with Gasteiger partial charge in [-0.15, -0.1) is 0 Å². The van der Waals surface area contributed by atoms with Gasteiger partial charge in [0, 0.05) is 11.3 Å². The van der Waals surface area contributed by atoms with E-state index in [1.165, 1.54) is 19.1 Å². The number of sulfonamides is 1. The highest BCUT2D eigenvalue weighted by molar-refractivity contribution is 7.89. The number of para-hydroxylation sites is 1. The number of halogens is 1. The highest BCUT2D eigenvalue weighted by Gasteiger charge is 2.23. The number of amides is 1. The third-order valence-electron chi connectivity index (χ3n) is 4.41. The molecule has 0 aliphatic heterocycles. The molecule has 3 rings (SSSR count). The highest BCUT2D eigenvalue weighted by Crippen LogP contribution is 2.28. The Morgan fingerprint density at radius 3 is 2.32 bits per heavy atom. The molecule has 0 saturated carbocycles. The minimum absolute atomic E-state index is 0.0283. The van der Waals surface area contributed by atoms with Crippen molar-refractivity contribution in [1.82, 2.24) is 0 Å². The van der Waals surface area contributed by atoms with E-state index in [0.29, 0.717) is 5.69 Å². The van der Waals surface area contributed by atoms with Gasteiger partial charge in [0.2, 0.25) is 10.0 Å². The number of rotatable bonds is 6. The molecular weight excluding hydrogens is 440 g/mol. The van der Waals surface area contributed by atoms with Gasteiger partial charge in [-0.2, -0.15) is 0 Å². The Kier molecular flexibility index (Phi) is 6.74. The number of ether oxygens (including phenoxy) is 1. The van der Waals surface area contributed by atoms with Crippen molar-refractivity contribution in [2.45, 2.75) is 17.9 Å². The Bertz CT molecular complexity index is 1230. The fourth-order valence-electron chi connectivity index (χ4n) is 2.81. The Balaban J connectivity index is 1.76. The number of benzene rings is 3. The van der Waals surface area contributed by atoms with E-state index < -0.39 is 28.0 Å². The number of carbonyl (C=O) groups is 2. The van der Waals surface area contributed by atoms with E-state index in [2.05, 4.69) is 5.32 Å². The van der Waals surface area contributed by atoms with Crippen LogP contribution in [-0.2, 0) is 19.6 Å². The van der Waals surface area contributed by atoms with Crippen molar-refractivity contribution in [2.24, 2.45) is 5.14 Å². The monoisotopic (exact) mass is 458 g/mol. The van der Waals surface area contributed by atoms with E-state index in [-0.39, 0.29) is 15.5 Å². The summed E-state index contributed by atoms with van der Waals surface area (Å²) in [5.41, 5.74) is 2.06. The number of hydrogen-bond acceptors (Lipinski definition) is 5. The van der Waals surface area contributed by atoms with Gasteiger partial charge in [-0.3, -0.25) is 4.79 Å². The lowest BCUT2D eigenvalue weighted by molar-refractivity contribution is -0.123. The van der Waals surface area contributed by atoms with Crippen molar-refractivity contribution < 1.29 is 22.7 Å². The standard InChI is InChI=1S/C22H19ClN2O5S/c1-14(30-22(27)18-13-16(31(24,28)29)11-12-19(18)23)21(26)25-20-10-6-5-9-17(20)15-7-3-2-4-8-15/h2-14H,1H3,(H,25,26)(H2,24,28,29). The summed E-state index contributed by atoms with van der Waals surface area (Å²) < 4.78 is 28.2. The number of nitrogens with one attached hydrogen (secondary N) is 1. The molecule has 160 valence electrons. The van der Waals surface area contributed by atoms with Crippen molar-refractivity contribution >= 4 is 39.2 Å². The number of carbonyl (C=O) groups excluding carboxylic acids is 2. The normalized spacial score (nSPS) is 12.1. The average molecular weight is 459 g/mol. The predicted molar refractivity (Wildman–Crippen MR) is 118 cm³/mol. The fraction of sp³-hybridized carbons (Fsp3) is 0.0909. The zero-order chi connectivity index (χ0) is 22.6. The molecule has 0 aliphatic rings. The highest BCUT2D eigenvalue weighted by atomic mass is 35.5. The number of esters is 1. The minimum atomic E-state index is -4.04. The average Bonchev–Trinajstić information content (AvgIpc) is 2.74. The molecule has 3 aromatic carbocycles. The topological polar surface area (TPSA) is 116 Å². The first-order valence-corrected chi connectivity index (χ1v) is 11.1. The zero-order valence-electron chi connectivity index (χ0n) is 16.4. The molecule has 0 aliphatic carbocycles. The quantitative estimate of drug-likeness (QED) is 0.544. The van der Waals surface area contributed by atoms with Gasteiger partial charge in [-0.25, -0.2) is 18.4 Å². The van der Waals surface area contributed by atoms with Crippen molar-refractivity contribution in [2.75, 3.05) is 5.32 Å². The summed E-state index contributed by atoms with van der Waals surface area (Å²) >= 11 is 5.99. The second kappa shape index (κ2) is 9.30. The minimum Gasteiger partial charge on any atom is -0.449 e. The fourth-order valence-corrected chi connectivity index (χ4v) is 3.55. The van der Waals surface area contributed by atoms with Crippen LogP contribution in [-0.4, -0.2) is 26.4 Å². The molecule has 1 atom stereocenters. The number of anilines is 1. The Labute approximate surface area is 184 Å². The molecule has 0 radical (unpaired) electrons. The molecule has 1 unspecified atom stereocenters. The lowest BCUT2D eigenvalue weighted by Crippen LogP contribution is -2.30. The maximum absolute atomic E-state index is 12.6. The molecule has 9 heteroatoms. The van der Waals surface area contributed by atoms with Crippen LogP contribution >= 0.6 is 11.6 Å². The summed E-state index contributed by atoms with van der Waals surface area (Å²) in [4.78, 5) is 24.8. The van der Waals surface area contributed by atoms with Crippen LogP contribution in [0.25, 0.3) is 11.1 Å². The van der Waals surface area contributed by atoms with Gasteiger partial charge in [0.05, 0.1) is 15.5 Å². The summed E-state index contributed by atoms with van der Waals surface area (Å²) in [6.07, 6.45) is -1.18. The molecule has 3 N–H and O–H groups in total. The number of hydrogen-bond donors (Lipinski definition) is 2. The molecule has 0 heterocycles. The molecule has 3 aromatic rings. The van der Waals surface area contributed by atoms with Crippen LogP contribution < -0.4 is 10.5 Å². The van der Waals surface area contributed by atoms with Crippen molar-refractivity contribution in [3.63, 3.8) is 0 Å². The predicted octanol–water partition coefficient (Wildman–Crippen LogP) is 3.84. The first-order valence-electron chi connectivity index (χ1n) is 9.15. The first kappa shape index (κ1) is 22.5. The Morgan fingerprint density at radius 2 is 1.65 bits per heavy atom. The van der Waals surface area contributed by atoms with Crippen molar-refractivity contribution in [3.05, 3.63) is 83.4 Å². The first-order chi connectivity index (χ1) is 14.7. The number of nitrogens with two attached hydrogens (primary N) is 1. The third-order valence-corrected chi connectivity index (χ3v) is 5.65. The van der Waals surface area contributed by atoms with Gasteiger partial charge in [-0.05, 0) is 36.8 Å². The molecule has 0 aromatic heterocycles. The van der Waals surface area contributed by atoms with E-state index in [1.54, 1.807) is 12.1 Å². The Morgan fingerprint density at radius 1 is 1.00 bits per heavy atom. The molecule has 0 spiro atoms. The Hall–Kier alpha value is -3.20. The molecule has 1 amide bonds. The largest absolute Gasteiger partial charge is 0.449 e. The summed E-state index contributed by atoms with van der Waals surface area (Å²) in [7, 11) is -4.04. The SMILES string of the molecule is CC(OC(=O)c1cc(S(N)(=O)=O)ccc1Cl)C(=O)Nc1ccccc1-c1ccccc1. The van der Waals surface area contributed by atoms with Crippen LogP contribution in [0.4, 0.5) is 5.69 Å². The zero-order valence-corrected chi connectivity index (χ0v) is 18.0. The summed E-state index contributed by atoms with van der Waals surface area (Å²) in [6.45, 7) is 1.40. The van der Waals surface area contributed by atoms with Gasteiger partial charge >= 0.3 is 5.97 Å². The van der Waals surface area contributed by atoms with E-state index in [0.717, 1.165) is 17.2 Å². The van der Waals surface area contributed by atoms with Gasteiger partial charge in [0.15, 0.2) is 6.10 Å². The summed E-state index contributed by atoms with van der Waals surface area (Å²) in [5.74, 6) is -1.51. The van der Waals surface area contributed by atoms with Crippen LogP contribution in [0.3, 0.4) is 0 Å². The maximum atomic E-state index is 12.6. The molecule has 0 saturated heterocycles. The van der Waals surface area contributed by atoms with Gasteiger partial charge in [-0.1, -0.05) is 60.1 Å². The second-order valence-electron chi connectivity index (χ2n) is 6.64. The van der Waals surface area contributed by atoms with E-state index in [9.17, 15) is 18.0 Å². The van der Waals surface area contributed by atoms with Gasteiger partial charge < -0.3 is 10.1 Å². The molecular formula is C22H19ClN2O5S. The van der Waals surface area contributed by atoms with Crippen LogP contribution in [0.1, 0.15) is 17.3 Å². The summed E-state index contributed by atoms with van der Waals surface area (Å²) in [6, 6.07) is 20.1. The molecule has 0 fully saturated rings. The van der Waals surface area contributed by atoms with Gasteiger partial charge in [0.25, 0.3) is 5.91 Å². The lowest BCUT2D eigenvalue weighted by atomic mass is 10.0. The lowest BCUT2D eigenvalue weighted by Gasteiger charge is -2.16. The van der Waals surface area contributed by atoms with Crippen LogP contribution in [0, 0.1) is 0 Å². The van der Waals surface area contributed by atoms with E-state index >= 15 is 0 Å². The molecule has 31 heavy (non-hydrogen) atoms. The van der Waals surface area contributed by atoms with Crippen molar-refractivity contribution in [1.29, 1.82) is 0 Å². The smallest absolute Gasteiger partial charge is 0.340 e. The van der Waals surface area contributed by atoms with Gasteiger partial charge in [0.1, 0.15) is 0 Å². The van der Waals surface area contributed by atoms with E-state index in [1.807, 2.05) is 42.5 Å². The van der Waals surface area contributed by atoms with E-state index in [4.69, 9.17) is 21.5 Å². The molecule has 0 bridgehead atoms.